The lowest BCUT2D eigenvalue weighted by atomic mass is 10.2. The third kappa shape index (κ3) is 3.78. The van der Waals surface area contributed by atoms with E-state index in [1.165, 1.54) is 0 Å². The Labute approximate surface area is 115 Å². The van der Waals surface area contributed by atoms with Gasteiger partial charge < -0.3 is 9.53 Å². The zero-order valence-corrected chi connectivity index (χ0v) is 13.5. The fourth-order valence-electron chi connectivity index (χ4n) is 1.30. The summed E-state index contributed by atoms with van der Waals surface area (Å²) in [4.78, 5) is 4.22. The molecule has 0 saturated carbocycles. The van der Waals surface area contributed by atoms with E-state index in [1.807, 2.05) is 0 Å². The average Bonchev–Trinajstić information content (AvgIpc) is 2.25. The first-order valence-electron chi connectivity index (χ1n) is 6.07. The van der Waals surface area contributed by atoms with Crippen LogP contribution in [0, 0.1) is 0 Å². The second-order valence-electron chi connectivity index (χ2n) is 5.95. The molecule has 1 heterocycles. The van der Waals surface area contributed by atoms with E-state index < -0.39 is 8.32 Å². The normalized spacial score (nSPS) is 14.6. The summed E-state index contributed by atoms with van der Waals surface area (Å²) in [6, 6.07) is 3.57. The van der Waals surface area contributed by atoms with Gasteiger partial charge in [-0.15, -0.1) is 0 Å². The summed E-state index contributed by atoms with van der Waals surface area (Å²) in [5.74, 6) is 0. The maximum absolute atomic E-state index is 9.50. The fraction of sp³-hybridized carbons (Fsp3) is 0.615. The van der Waals surface area contributed by atoms with Gasteiger partial charge in [0, 0.05) is 6.20 Å². The predicted molar refractivity (Wildman–Crippen MR) is 77.4 cm³/mol. The molecule has 1 rings (SSSR count). The number of hydrogen-bond donors (Lipinski definition) is 1. The molecule has 1 aromatic rings. The molecule has 0 saturated heterocycles. The molecule has 1 unspecified atom stereocenters. The van der Waals surface area contributed by atoms with Gasteiger partial charge in [-0.05, 0) is 30.3 Å². The van der Waals surface area contributed by atoms with E-state index >= 15 is 0 Å². The maximum Gasteiger partial charge on any atom is 0.193 e. The summed E-state index contributed by atoms with van der Waals surface area (Å²) in [7, 11) is -1.92. The van der Waals surface area contributed by atoms with Gasteiger partial charge in [-0.3, -0.25) is 4.98 Å². The second kappa shape index (κ2) is 5.69. The molecule has 0 aliphatic carbocycles. The SMILES string of the molecule is CC(C)(C)[Si](C)(C)OC(CO)c1ccc(Cl)cn1. The summed E-state index contributed by atoms with van der Waals surface area (Å²) in [6.45, 7) is 10.8. The lowest BCUT2D eigenvalue weighted by Gasteiger charge is -2.38. The third-order valence-corrected chi connectivity index (χ3v) is 8.20. The highest BCUT2D eigenvalue weighted by atomic mass is 35.5. The number of hydrogen-bond acceptors (Lipinski definition) is 3. The van der Waals surface area contributed by atoms with Crippen LogP contribution in [0.4, 0.5) is 0 Å². The third-order valence-electron chi connectivity index (χ3n) is 3.49. The first kappa shape index (κ1) is 15.6. The van der Waals surface area contributed by atoms with Crippen molar-refractivity contribution in [2.24, 2.45) is 0 Å². The Morgan fingerprint density at radius 3 is 2.39 bits per heavy atom. The monoisotopic (exact) mass is 287 g/mol. The minimum Gasteiger partial charge on any atom is -0.406 e. The summed E-state index contributed by atoms with van der Waals surface area (Å²) >= 11 is 5.81. The molecule has 5 heteroatoms. The van der Waals surface area contributed by atoms with Gasteiger partial charge in [-0.25, -0.2) is 0 Å². The van der Waals surface area contributed by atoms with Gasteiger partial charge in [0.1, 0.15) is 6.10 Å². The first-order chi connectivity index (χ1) is 8.17. The van der Waals surface area contributed by atoms with E-state index in [9.17, 15) is 5.11 Å². The molecule has 0 spiro atoms. The molecule has 0 aliphatic rings. The minimum atomic E-state index is -1.92. The zero-order chi connectivity index (χ0) is 14.0. The largest absolute Gasteiger partial charge is 0.406 e. The number of halogens is 1. The van der Waals surface area contributed by atoms with Crippen molar-refractivity contribution in [2.45, 2.75) is 45.0 Å². The van der Waals surface area contributed by atoms with Gasteiger partial charge in [0.2, 0.25) is 0 Å². The van der Waals surface area contributed by atoms with Crippen LogP contribution < -0.4 is 0 Å². The second-order valence-corrected chi connectivity index (χ2v) is 11.1. The predicted octanol–water partition coefficient (Wildman–Crippen LogP) is 3.79. The standard InChI is InChI=1S/C13H22ClNO2Si/c1-13(2,3)18(4,5)17-12(9-16)11-7-6-10(14)8-15-11/h6-8,12,16H,9H2,1-5H3. The van der Waals surface area contributed by atoms with Crippen LogP contribution in [0.5, 0.6) is 0 Å². The molecule has 1 aromatic heterocycles. The van der Waals surface area contributed by atoms with Crippen LogP contribution in [-0.4, -0.2) is 25.0 Å². The Morgan fingerprint density at radius 2 is 2.00 bits per heavy atom. The summed E-state index contributed by atoms with van der Waals surface area (Å²) in [5.41, 5.74) is 0.728. The lowest BCUT2D eigenvalue weighted by Crippen LogP contribution is -2.42. The highest BCUT2D eigenvalue weighted by Crippen LogP contribution is 2.39. The van der Waals surface area contributed by atoms with Gasteiger partial charge in [0.05, 0.1) is 17.3 Å². The Morgan fingerprint density at radius 1 is 1.39 bits per heavy atom. The number of pyridine rings is 1. The Kier molecular flexibility index (Phi) is 4.95. The van der Waals surface area contributed by atoms with Gasteiger partial charge >= 0.3 is 0 Å². The molecule has 0 fully saturated rings. The van der Waals surface area contributed by atoms with Crippen molar-refractivity contribution in [3.05, 3.63) is 29.0 Å². The average molecular weight is 288 g/mol. The van der Waals surface area contributed by atoms with Crippen molar-refractivity contribution >= 4 is 19.9 Å². The zero-order valence-electron chi connectivity index (χ0n) is 11.7. The van der Waals surface area contributed by atoms with Gasteiger partial charge in [0.15, 0.2) is 8.32 Å². The molecule has 0 aromatic carbocycles. The van der Waals surface area contributed by atoms with Crippen molar-refractivity contribution in [3.8, 4) is 0 Å². The Bertz CT molecular complexity index is 387. The van der Waals surface area contributed by atoms with Gasteiger partial charge in [0.25, 0.3) is 0 Å². The molecule has 1 atom stereocenters. The summed E-state index contributed by atoms with van der Waals surface area (Å²) < 4.78 is 6.16. The molecular weight excluding hydrogens is 266 g/mol. The van der Waals surface area contributed by atoms with Crippen LogP contribution in [0.1, 0.15) is 32.6 Å². The van der Waals surface area contributed by atoms with E-state index in [0.29, 0.717) is 5.02 Å². The first-order valence-corrected chi connectivity index (χ1v) is 9.36. The molecular formula is C13H22ClNO2Si. The highest BCUT2D eigenvalue weighted by molar-refractivity contribution is 6.74. The summed E-state index contributed by atoms with van der Waals surface area (Å²) in [6.07, 6.45) is 1.21. The lowest BCUT2D eigenvalue weighted by molar-refractivity contribution is 0.100. The van der Waals surface area contributed by atoms with Crippen molar-refractivity contribution in [2.75, 3.05) is 6.61 Å². The van der Waals surface area contributed by atoms with Crippen LogP contribution >= 0.6 is 11.6 Å². The summed E-state index contributed by atoms with van der Waals surface area (Å²) in [5, 5.41) is 10.2. The van der Waals surface area contributed by atoms with E-state index in [2.05, 4.69) is 38.8 Å². The van der Waals surface area contributed by atoms with Crippen molar-refractivity contribution < 1.29 is 9.53 Å². The van der Waals surface area contributed by atoms with E-state index in [1.54, 1.807) is 18.3 Å². The molecule has 0 aliphatic heterocycles. The Balaban J connectivity index is 2.89. The number of aliphatic hydroxyl groups is 1. The van der Waals surface area contributed by atoms with Crippen LogP contribution in [0.25, 0.3) is 0 Å². The molecule has 3 nitrogen and oxygen atoms in total. The molecule has 0 amide bonds. The number of rotatable bonds is 4. The smallest absolute Gasteiger partial charge is 0.193 e. The van der Waals surface area contributed by atoms with Crippen molar-refractivity contribution in [1.29, 1.82) is 0 Å². The maximum atomic E-state index is 9.50. The minimum absolute atomic E-state index is 0.0683. The van der Waals surface area contributed by atoms with Crippen molar-refractivity contribution in [1.82, 2.24) is 4.98 Å². The van der Waals surface area contributed by atoms with E-state index in [-0.39, 0.29) is 17.7 Å². The van der Waals surface area contributed by atoms with E-state index in [0.717, 1.165) is 5.69 Å². The van der Waals surface area contributed by atoms with Crippen LogP contribution in [0.3, 0.4) is 0 Å². The number of aromatic nitrogens is 1. The number of aliphatic hydroxyl groups excluding tert-OH is 1. The number of nitrogens with zero attached hydrogens (tertiary/aromatic N) is 1. The molecule has 18 heavy (non-hydrogen) atoms. The fourth-order valence-corrected chi connectivity index (χ4v) is 2.67. The van der Waals surface area contributed by atoms with Gasteiger partial charge in [-0.1, -0.05) is 32.4 Å². The molecule has 1 N–H and O–H groups in total. The molecule has 0 bridgehead atoms. The van der Waals surface area contributed by atoms with Crippen molar-refractivity contribution in [3.63, 3.8) is 0 Å². The quantitative estimate of drug-likeness (QED) is 0.857. The van der Waals surface area contributed by atoms with Crippen LogP contribution in [-0.2, 0) is 4.43 Å². The Hall–Kier alpha value is -0.423. The van der Waals surface area contributed by atoms with Crippen LogP contribution in [0.15, 0.2) is 18.3 Å². The molecule has 102 valence electrons. The highest BCUT2D eigenvalue weighted by Gasteiger charge is 2.39. The molecule has 0 radical (unpaired) electrons. The van der Waals surface area contributed by atoms with Crippen LogP contribution in [0.2, 0.25) is 23.2 Å². The van der Waals surface area contributed by atoms with E-state index in [4.69, 9.17) is 16.0 Å². The topological polar surface area (TPSA) is 42.4 Å². The van der Waals surface area contributed by atoms with Gasteiger partial charge in [-0.2, -0.15) is 0 Å².